The quantitative estimate of drug-likeness (QED) is 0.174. The van der Waals surface area contributed by atoms with Gasteiger partial charge in [0.05, 0.1) is 21.1 Å². The van der Waals surface area contributed by atoms with Gasteiger partial charge in [-0.1, -0.05) is 60.3 Å². The molecule has 36 heavy (non-hydrogen) atoms. The summed E-state index contributed by atoms with van der Waals surface area (Å²) in [5, 5.41) is 14.9. The molecule has 5 nitrogen and oxygen atoms in total. The fourth-order valence-corrected chi connectivity index (χ4v) is 6.78. The first-order valence-electron chi connectivity index (χ1n) is 12.0. The van der Waals surface area contributed by atoms with Gasteiger partial charge in [-0.2, -0.15) is 4.58 Å². The van der Waals surface area contributed by atoms with Gasteiger partial charge < -0.3 is 4.90 Å². The van der Waals surface area contributed by atoms with Gasteiger partial charge in [0.25, 0.3) is 5.69 Å². The molecule has 2 aliphatic heterocycles. The Labute approximate surface area is 214 Å². The highest BCUT2D eigenvalue weighted by molar-refractivity contribution is 8.03. The highest BCUT2D eigenvalue weighted by Gasteiger charge is 2.48. The van der Waals surface area contributed by atoms with Gasteiger partial charge in [-0.25, -0.2) is 0 Å². The average molecular weight is 493 g/mol. The van der Waals surface area contributed by atoms with Gasteiger partial charge in [-0.05, 0) is 47.9 Å². The van der Waals surface area contributed by atoms with Gasteiger partial charge in [0, 0.05) is 41.8 Å². The zero-order valence-electron chi connectivity index (χ0n) is 20.4. The van der Waals surface area contributed by atoms with Crippen LogP contribution in [0.4, 0.5) is 17.1 Å². The third kappa shape index (κ3) is 3.44. The number of nitro groups is 1. The summed E-state index contributed by atoms with van der Waals surface area (Å²) in [5.41, 5.74) is 5.80. The molecule has 0 saturated carbocycles. The molecule has 0 N–H and O–H groups in total. The summed E-state index contributed by atoms with van der Waals surface area (Å²) >= 11 is 1.79. The molecular formula is C30H26N3O2S+. The summed E-state index contributed by atoms with van der Waals surface area (Å²) in [6.07, 6.45) is 3.06. The molecule has 4 aromatic carbocycles. The summed E-state index contributed by atoms with van der Waals surface area (Å²) in [6, 6.07) is 28.4. The molecule has 0 radical (unpaired) electrons. The molecule has 0 aromatic heterocycles. The van der Waals surface area contributed by atoms with E-state index < -0.39 is 0 Å². The van der Waals surface area contributed by atoms with Crippen molar-refractivity contribution in [3.63, 3.8) is 0 Å². The number of rotatable bonds is 4. The Kier molecular flexibility index (Phi) is 5.23. The molecule has 0 amide bonds. The molecule has 0 fully saturated rings. The van der Waals surface area contributed by atoms with Crippen LogP contribution in [0.3, 0.4) is 0 Å². The molecule has 6 rings (SSSR count). The number of anilines is 1. The van der Waals surface area contributed by atoms with Gasteiger partial charge in [0.2, 0.25) is 5.69 Å². The number of thioether (sulfide) groups is 1. The molecule has 1 unspecified atom stereocenters. The van der Waals surface area contributed by atoms with E-state index in [2.05, 4.69) is 97.2 Å². The zero-order valence-corrected chi connectivity index (χ0v) is 21.3. The van der Waals surface area contributed by atoms with E-state index in [0.29, 0.717) is 0 Å². The molecule has 4 aromatic rings. The summed E-state index contributed by atoms with van der Waals surface area (Å²) < 4.78 is 2.32. The number of nitrogens with zero attached hydrogens (tertiary/aromatic N) is 3. The lowest BCUT2D eigenvalue weighted by Crippen LogP contribution is -2.34. The van der Waals surface area contributed by atoms with Crippen molar-refractivity contribution in [3.05, 3.63) is 117 Å². The van der Waals surface area contributed by atoms with Crippen LogP contribution in [0.25, 0.3) is 10.8 Å². The maximum Gasteiger partial charge on any atom is 0.269 e. The Morgan fingerprint density at radius 3 is 2.47 bits per heavy atom. The lowest BCUT2D eigenvalue weighted by Gasteiger charge is -2.25. The first-order valence-corrected chi connectivity index (χ1v) is 12.8. The molecule has 2 heterocycles. The number of hydrogen-bond donors (Lipinski definition) is 0. The van der Waals surface area contributed by atoms with E-state index in [4.69, 9.17) is 0 Å². The van der Waals surface area contributed by atoms with Crippen molar-refractivity contribution < 1.29 is 9.50 Å². The molecule has 0 bridgehead atoms. The van der Waals surface area contributed by atoms with Crippen LogP contribution in [-0.4, -0.2) is 29.3 Å². The van der Waals surface area contributed by atoms with E-state index in [1.54, 1.807) is 23.9 Å². The second kappa shape index (κ2) is 8.35. The van der Waals surface area contributed by atoms with E-state index in [0.717, 1.165) is 12.0 Å². The Morgan fingerprint density at radius 1 is 1.00 bits per heavy atom. The SMILES string of the molecule is CN1/C(=C/C2=[N+](C)c3ccc4ccccc4c3C2(C)Cc2ccc([N+](=O)[O-])cc2)Sc2ccccc21. The molecular weight excluding hydrogens is 466 g/mol. The van der Waals surface area contributed by atoms with Gasteiger partial charge in [-0.3, -0.25) is 10.1 Å². The van der Waals surface area contributed by atoms with Crippen molar-refractivity contribution in [2.24, 2.45) is 0 Å². The van der Waals surface area contributed by atoms with Crippen LogP contribution >= 0.6 is 11.8 Å². The van der Waals surface area contributed by atoms with Crippen LogP contribution in [0.5, 0.6) is 0 Å². The molecule has 0 spiro atoms. The topological polar surface area (TPSA) is 49.4 Å². The Hall–Kier alpha value is -3.90. The maximum atomic E-state index is 11.2. The third-order valence-electron chi connectivity index (χ3n) is 7.48. The van der Waals surface area contributed by atoms with Crippen LogP contribution in [0.1, 0.15) is 18.1 Å². The first-order chi connectivity index (χ1) is 17.4. The molecule has 2 aliphatic rings. The van der Waals surface area contributed by atoms with E-state index in [1.807, 2.05) is 12.1 Å². The minimum absolute atomic E-state index is 0.117. The van der Waals surface area contributed by atoms with Gasteiger partial charge >= 0.3 is 0 Å². The van der Waals surface area contributed by atoms with Crippen molar-refractivity contribution >= 4 is 45.3 Å². The highest BCUT2D eigenvalue weighted by Crippen LogP contribution is 2.49. The van der Waals surface area contributed by atoms with Crippen LogP contribution in [-0.2, 0) is 11.8 Å². The van der Waals surface area contributed by atoms with Crippen molar-refractivity contribution in [3.8, 4) is 0 Å². The molecule has 178 valence electrons. The number of non-ortho nitro benzene ring substituents is 1. The number of benzene rings is 4. The number of hydrogen-bond acceptors (Lipinski definition) is 4. The zero-order chi connectivity index (χ0) is 25.0. The maximum absolute atomic E-state index is 11.2. The lowest BCUT2D eigenvalue weighted by molar-refractivity contribution is -0.401. The summed E-state index contributed by atoms with van der Waals surface area (Å²) in [7, 11) is 4.27. The second-order valence-corrected chi connectivity index (χ2v) is 10.7. The number of para-hydroxylation sites is 1. The first kappa shape index (κ1) is 22.6. The fourth-order valence-electron chi connectivity index (χ4n) is 5.69. The monoisotopic (exact) mass is 492 g/mol. The normalized spacial score (nSPS) is 19.8. The minimum Gasteiger partial charge on any atom is -0.338 e. The van der Waals surface area contributed by atoms with Crippen molar-refractivity contribution in [1.29, 1.82) is 0 Å². The van der Waals surface area contributed by atoms with Crippen LogP contribution < -0.4 is 4.90 Å². The average Bonchev–Trinajstić information content (AvgIpc) is 3.31. The number of fused-ring (bicyclic) bond motifs is 4. The Bertz CT molecular complexity index is 1610. The Balaban J connectivity index is 1.52. The molecule has 0 saturated heterocycles. The standard InChI is InChI=1S/C30H26N3O2S/c1-30(19-20-12-15-22(16-13-20)33(34)35)27(18-28-32(3)24-10-6-7-11-26(24)36-28)31(2)25-17-14-21-8-4-5-9-23(21)29(25)30/h4-18H,19H2,1-3H3/q+1. The van der Waals surface area contributed by atoms with E-state index in [9.17, 15) is 10.1 Å². The fraction of sp³-hybridized carbons (Fsp3) is 0.167. The van der Waals surface area contributed by atoms with Crippen LogP contribution in [0.15, 0.2) is 101 Å². The van der Waals surface area contributed by atoms with E-state index >= 15 is 0 Å². The highest BCUT2D eigenvalue weighted by atomic mass is 32.2. The van der Waals surface area contributed by atoms with E-state index in [-0.39, 0.29) is 16.0 Å². The summed E-state index contributed by atoms with van der Waals surface area (Å²) in [6.45, 7) is 2.31. The number of nitro benzene ring substituents is 1. The predicted octanol–water partition coefficient (Wildman–Crippen LogP) is 7.06. The predicted molar refractivity (Wildman–Crippen MR) is 148 cm³/mol. The third-order valence-corrected chi connectivity index (χ3v) is 8.65. The summed E-state index contributed by atoms with van der Waals surface area (Å²) in [4.78, 5) is 14.4. The summed E-state index contributed by atoms with van der Waals surface area (Å²) in [5.74, 6) is 0. The van der Waals surface area contributed by atoms with Crippen LogP contribution in [0, 0.1) is 10.1 Å². The smallest absolute Gasteiger partial charge is 0.269 e. The molecule has 0 aliphatic carbocycles. The van der Waals surface area contributed by atoms with Gasteiger partial charge in [-0.15, -0.1) is 0 Å². The second-order valence-electron chi connectivity index (χ2n) is 9.67. The van der Waals surface area contributed by atoms with E-state index in [1.165, 1.54) is 43.3 Å². The van der Waals surface area contributed by atoms with Crippen LogP contribution in [0.2, 0.25) is 0 Å². The molecule has 6 heteroatoms. The minimum atomic E-state index is -0.343. The lowest BCUT2D eigenvalue weighted by atomic mass is 9.73. The number of allylic oxidation sites excluding steroid dienone is 1. The Morgan fingerprint density at radius 2 is 1.72 bits per heavy atom. The van der Waals surface area contributed by atoms with Crippen molar-refractivity contribution in [1.82, 2.24) is 0 Å². The van der Waals surface area contributed by atoms with Crippen molar-refractivity contribution in [2.45, 2.75) is 23.7 Å². The largest absolute Gasteiger partial charge is 0.338 e. The van der Waals surface area contributed by atoms with Crippen molar-refractivity contribution in [2.75, 3.05) is 19.0 Å². The van der Waals surface area contributed by atoms with Gasteiger partial charge in [0.1, 0.15) is 7.05 Å². The van der Waals surface area contributed by atoms with Gasteiger partial charge in [0.15, 0.2) is 5.71 Å². The molecule has 1 atom stereocenters.